The van der Waals surface area contributed by atoms with E-state index in [-0.39, 0.29) is 10.5 Å². The lowest BCUT2D eigenvalue weighted by molar-refractivity contribution is 0.664. The Balaban J connectivity index is 1.15. The Kier molecular flexibility index (Phi) is 10.3. The van der Waals surface area contributed by atoms with Crippen molar-refractivity contribution in [3.8, 4) is 0 Å². The number of para-hydroxylation sites is 4. The van der Waals surface area contributed by atoms with Crippen molar-refractivity contribution in [1.82, 2.24) is 59.5 Å². The van der Waals surface area contributed by atoms with E-state index in [4.69, 9.17) is 0 Å². The van der Waals surface area contributed by atoms with Gasteiger partial charge in [-0.25, -0.2) is 19.3 Å². The summed E-state index contributed by atoms with van der Waals surface area (Å²) in [4.78, 5) is 9.31. The first kappa shape index (κ1) is 35.1. The number of hydrogen-bond donors (Lipinski definition) is 0. The van der Waals surface area contributed by atoms with Crippen LogP contribution < -0.4 is 0 Å². The molecule has 0 radical (unpaired) electrons. The van der Waals surface area contributed by atoms with Crippen LogP contribution in [0.2, 0.25) is 0 Å². The molecule has 53 heavy (non-hydrogen) atoms. The number of rotatable bonds is 14. The molecule has 0 saturated heterocycles. The van der Waals surface area contributed by atoms with E-state index in [9.17, 15) is 0 Å². The average molecular weight is 759 g/mol. The van der Waals surface area contributed by atoms with Crippen molar-refractivity contribution in [1.29, 1.82) is 0 Å². The second kappa shape index (κ2) is 15.5. The zero-order valence-electron chi connectivity index (χ0n) is 29.8. The summed E-state index contributed by atoms with van der Waals surface area (Å²) in [6.45, 7) is 5.98. The fourth-order valence-electron chi connectivity index (χ4n) is 6.68. The molecule has 4 aromatic heterocycles. The van der Waals surface area contributed by atoms with Gasteiger partial charge in [-0.1, -0.05) is 84.2 Å². The predicted octanol–water partition coefficient (Wildman–Crippen LogP) is 7.25. The van der Waals surface area contributed by atoms with E-state index in [1.165, 1.54) is 33.4 Å². The number of aromatic nitrogens is 12. The number of hydrogen-bond acceptors (Lipinski definition) is 11. The third-order valence-electron chi connectivity index (χ3n) is 9.62. The molecule has 2 atom stereocenters. The SMILES string of the molecule is Cc1c(Cn2cnc3ccccc32)cccc1C(CSc1nnnn1C)SC(CSc1nnnn1C)c1cccc(Cn2cnc3ccccc32)c1C. The summed E-state index contributed by atoms with van der Waals surface area (Å²) < 4.78 is 7.94. The lowest BCUT2D eigenvalue weighted by Crippen LogP contribution is -2.11. The monoisotopic (exact) mass is 758 g/mol. The Bertz CT molecular complexity index is 2330. The molecule has 0 amide bonds. The van der Waals surface area contributed by atoms with Crippen LogP contribution >= 0.6 is 35.3 Å². The largest absolute Gasteiger partial charge is 0.326 e. The Morgan fingerprint density at radius 1 is 0.566 bits per heavy atom. The highest BCUT2D eigenvalue weighted by Crippen LogP contribution is 2.47. The second-order valence-corrected chi connectivity index (χ2v) is 16.3. The maximum Gasteiger partial charge on any atom is 0.209 e. The molecule has 268 valence electrons. The topological polar surface area (TPSA) is 123 Å². The molecule has 2 unspecified atom stereocenters. The van der Waals surface area contributed by atoms with E-state index >= 15 is 0 Å². The first-order chi connectivity index (χ1) is 25.9. The summed E-state index contributed by atoms with van der Waals surface area (Å²) in [5, 5.41) is 26.4. The van der Waals surface area contributed by atoms with Gasteiger partial charge in [-0.2, -0.15) is 0 Å². The highest BCUT2D eigenvalue weighted by atomic mass is 32.2. The van der Waals surface area contributed by atoms with Crippen molar-refractivity contribution in [3.63, 3.8) is 0 Å². The highest BCUT2D eigenvalue weighted by Gasteiger charge is 2.26. The van der Waals surface area contributed by atoms with Crippen LogP contribution in [0, 0.1) is 13.8 Å². The van der Waals surface area contributed by atoms with Crippen molar-refractivity contribution in [2.75, 3.05) is 11.5 Å². The van der Waals surface area contributed by atoms with Gasteiger partial charge in [0.2, 0.25) is 10.3 Å². The molecular formula is C38H38N12S3. The summed E-state index contributed by atoms with van der Waals surface area (Å²) >= 11 is 5.35. The number of imidazole rings is 2. The van der Waals surface area contributed by atoms with Crippen molar-refractivity contribution in [2.45, 2.75) is 47.7 Å². The normalized spacial score (nSPS) is 12.9. The molecule has 0 bridgehead atoms. The zero-order chi connectivity index (χ0) is 36.3. The first-order valence-electron chi connectivity index (χ1n) is 17.2. The van der Waals surface area contributed by atoms with Gasteiger partial charge in [0.25, 0.3) is 0 Å². The van der Waals surface area contributed by atoms with Gasteiger partial charge in [0.05, 0.1) is 34.7 Å². The van der Waals surface area contributed by atoms with Gasteiger partial charge < -0.3 is 9.13 Å². The summed E-state index contributed by atoms with van der Waals surface area (Å²) in [5.74, 6) is 1.56. The minimum Gasteiger partial charge on any atom is -0.326 e. The molecule has 0 aliphatic heterocycles. The fourth-order valence-corrected chi connectivity index (χ4v) is 10.5. The quantitative estimate of drug-likeness (QED) is 0.104. The van der Waals surface area contributed by atoms with Crippen LogP contribution in [0.3, 0.4) is 0 Å². The van der Waals surface area contributed by atoms with E-state index in [0.29, 0.717) is 0 Å². The fraction of sp³-hybridized carbons (Fsp3) is 0.263. The summed E-state index contributed by atoms with van der Waals surface area (Å²) in [5.41, 5.74) is 11.9. The van der Waals surface area contributed by atoms with Crippen LogP contribution in [0.5, 0.6) is 0 Å². The molecule has 15 heteroatoms. The number of thioether (sulfide) groups is 3. The first-order valence-corrected chi connectivity index (χ1v) is 20.2. The molecular weight excluding hydrogens is 721 g/mol. The van der Waals surface area contributed by atoms with Gasteiger partial charge >= 0.3 is 0 Å². The summed E-state index contributed by atoms with van der Waals surface area (Å²) in [6, 6.07) is 30.0. The standard InChI is InChI=1S/C38H38N12S3/c1-25-27(19-49-23-39-31-15-5-7-17-33(31)49)11-9-13-29(25)35(21-51-37-41-43-45-47(37)3)53-36(22-52-38-42-44-46-48(38)4)30-14-10-12-28(26(30)2)20-50-24-40-32-16-6-8-18-34(32)50/h5-18,23-24,35-36H,19-22H2,1-4H3. The van der Waals surface area contributed by atoms with E-state index in [1.807, 2.05) is 50.6 Å². The Labute approximate surface area is 319 Å². The van der Waals surface area contributed by atoms with E-state index in [0.717, 1.165) is 57.0 Å². The Morgan fingerprint density at radius 3 is 1.45 bits per heavy atom. The van der Waals surface area contributed by atoms with Crippen molar-refractivity contribution in [3.05, 3.63) is 131 Å². The van der Waals surface area contributed by atoms with Gasteiger partial charge in [0, 0.05) is 49.2 Å². The third-order valence-corrected chi connectivity index (χ3v) is 13.8. The van der Waals surface area contributed by atoms with Crippen molar-refractivity contribution >= 4 is 57.4 Å². The number of fused-ring (bicyclic) bond motifs is 2. The minimum absolute atomic E-state index is 0.111. The molecule has 0 spiro atoms. The maximum atomic E-state index is 4.65. The molecule has 8 aromatic rings. The molecule has 4 aromatic carbocycles. The molecule has 12 nitrogen and oxygen atoms in total. The molecule has 4 heterocycles. The molecule has 8 rings (SSSR count). The predicted molar refractivity (Wildman–Crippen MR) is 212 cm³/mol. The van der Waals surface area contributed by atoms with Gasteiger partial charge in [-0.05, 0) is 92.3 Å². The minimum atomic E-state index is 0.111. The van der Waals surface area contributed by atoms with Crippen LogP contribution in [0.15, 0.2) is 108 Å². The smallest absolute Gasteiger partial charge is 0.209 e. The molecule has 0 aliphatic rings. The molecule has 0 fully saturated rings. The maximum absolute atomic E-state index is 4.65. The lowest BCUT2D eigenvalue weighted by atomic mass is 9.99. The zero-order valence-corrected chi connectivity index (χ0v) is 32.3. The Morgan fingerprint density at radius 2 is 1.02 bits per heavy atom. The Hall–Kier alpha value is -4.99. The molecule has 0 aliphatic carbocycles. The molecule has 0 saturated carbocycles. The molecule has 0 N–H and O–H groups in total. The van der Waals surface area contributed by atoms with E-state index in [1.54, 1.807) is 32.9 Å². The van der Waals surface area contributed by atoms with Gasteiger partial charge in [-0.15, -0.1) is 22.0 Å². The van der Waals surface area contributed by atoms with E-state index < -0.39 is 0 Å². The van der Waals surface area contributed by atoms with Crippen molar-refractivity contribution < 1.29 is 0 Å². The number of tetrazole rings is 2. The van der Waals surface area contributed by atoms with Crippen LogP contribution in [0.4, 0.5) is 0 Å². The second-order valence-electron chi connectivity index (χ2n) is 12.9. The third kappa shape index (κ3) is 7.46. The highest BCUT2D eigenvalue weighted by molar-refractivity contribution is 8.04. The summed E-state index contributed by atoms with van der Waals surface area (Å²) in [6.07, 6.45) is 3.88. The van der Waals surface area contributed by atoms with Gasteiger partial charge in [0.1, 0.15) is 0 Å². The lowest BCUT2D eigenvalue weighted by Gasteiger charge is -2.27. The van der Waals surface area contributed by atoms with Crippen LogP contribution in [0.25, 0.3) is 22.1 Å². The average Bonchev–Trinajstić information content (AvgIpc) is 3.98. The van der Waals surface area contributed by atoms with E-state index in [2.05, 4.69) is 137 Å². The summed E-state index contributed by atoms with van der Waals surface area (Å²) in [7, 11) is 3.77. The number of aryl methyl sites for hydroxylation is 2. The van der Waals surface area contributed by atoms with Gasteiger partial charge in [0.15, 0.2) is 0 Å². The van der Waals surface area contributed by atoms with Gasteiger partial charge in [-0.3, -0.25) is 0 Å². The van der Waals surface area contributed by atoms with Crippen LogP contribution in [-0.4, -0.2) is 71.0 Å². The van der Waals surface area contributed by atoms with Crippen molar-refractivity contribution in [2.24, 2.45) is 14.1 Å². The van der Waals surface area contributed by atoms with Crippen LogP contribution in [0.1, 0.15) is 43.9 Å². The number of benzene rings is 4. The van der Waals surface area contributed by atoms with Crippen LogP contribution in [-0.2, 0) is 27.2 Å². The number of nitrogens with zero attached hydrogens (tertiary/aromatic N) is 12.